The maximum atomic E-state index is 13.8. The minimum atomic E-state index is -3.07. The van der Waals surface area contributed by atoms with E-state index in [4.69, 9.17) is 11.6 Å². The van der Waals surface area contributed by atoms with Crippen molar-refractivity contribution in [2.24, 2.45) is 7.05 Å². The standard InChI is InChI=1S/C25H22ClF2N3O/c1-4-25(27,28)18-8-5-16(6-9-18)11-19-15(2)30-21-10-7-17(12-20(21)23(19)26)24(32)22-13-29-14-31(22)3/h4-10,12-14,24,32H,1,11H2,2-3H3. The second-order valence-electron chi connectivity index (χ2n) is 7.80. The second kappa shape index (κ2) is 8.45. The minimum absolute atomic E-state index is 0.107. The van der Waals surface area contributed by atoms with Crippen LogP contribution in [0.5, 0.6) is 0 Å². The molecule has 4 aromatic rings. The highest BCUT2D eigenvalue weighted by Crippen LogP contribution is 2.34. The molecule has 2 heterocycles. The Morgan fingerprint density at radius 2 is 1.94 bits per heavy atom. The molecule has 4 rings (SSSR count). The zero-order valence-electron chi connectivity index (χ0n) is 17.7. The van der Waals surface area contributed by atoms with Crippen LogP contribution in [0.4, 0.5) is 8.78 Å². The van der Waals surface area contributed by atoms with Crippen LogP contribution in [0.1, 0.15) is 39.7 Å². The Bertz CT molecular complexity index is 1300. The predicted octanol–water partition coefficient (Wildman–Crippen LogP) is 5.88. The van der Waals surface area contributed by atoms with Gasteiger partial charge in [0.15, 0.2) is 0 Å². The molecule has 7 heteroatoms. The molecule has 4 nitrogen and oxygen atoms in total. The van der Waals surface area contributed by atoms with E-state index < -0.39 is 12.0 Å². The van der Waals surface area contributed by atoms with E-state index in [1.165, 1.54) is 12.1 Å². The van der Waals surface area contributed by atoms with Crippen molar-refractivity contribution in [3.05, 3.63) is 106 Å². The molecular formula is C25H22ClF2N3O. The zero-order chi connectivity index (χ0) is 23.0. The summed E-state index contributed by atoms with van der Waals surface area (Å²) in [6.45, 7) is 5.07. The van der Waals surface area contributed by atoms with Crippen LogP contribution >= 0.6 is 11.6 Å². The Morgan fingerprint density at radius 1 is 1.22 bits per heavy atom. The third-order valence-electron chi connectivity index (χ3n) is 5.67. The summed E-state index contributed by atoms with van der Waals surface area (Å²) in [5.74, 6) is -3.07. The maximum Gasteiger partial charge on any atom is 0.291 e. The number of fused-ring (bicyclic) bond motifs is 1. The Kier molecular flexibility index (Phi) is 5.84. The number of imidazole rings is 1. The molecule has 0 aliphatic carbocycles. The van der Waals surface area contributed by atoms with E-state index in [0.29, 0.717) is 28.8 Å². The molecule has 0 bridgehead atoms. The molecule has 0 saturated heterocycles. The lowest BCUT2D eigenvalue weighted by molar-refractivity contribution is 0.0525. The van der Waals surface area contributed by atoms with Gasteiger partial charge in [-0.25, -0.2) is 4.98 Å². The van der Waals surface area contributed by atoms with Crippen LogP contribution in [0.25, 0.3) is 10.9 Å². The number of pyridine rings is 1. The van der Waals surface area contributed by atoms with Gasteiger partial charge in [-0.3, -0.25) is 4.98 Å². The summed E-state index contributed by atoms with van der Waals surface area (Å²) >= 11 is 6.78. The van der Waals surface area contributed by atoms with Gasteiger partial charge < -0.3 is 9.67 Å². The monoisotopic (exact) mass is 453 g/mol. The average molecular weight is 454 g/mol. The van der Waals surface area contributed by atoms with Crippen LogP contribution in [-0.2, 0) is 19.4 Å². The van der Waals surface area contributed by atoms with Crippen molar-refractivity contribution in [1.82, 2.24) is 14.5 Å². The Balaban J connectivity index is 1.71. The molecule has 0 aliphatic rings. The molecule has 0 radical (unpaired) electrons. The van der Waals surface area contributed by atoms with Crippen molar-refractivity contribution >= 4 is 22.5 Å². The van der Waals surface area contributed by atoms with Gasteiger partial charge in [-0.15, -0.1) is 0 Å². The minimum Gasteiger partial charge on any atom is -0.382 e. The smallest absolute Gasteiger partial charge is 0.291 e. The van der Waals surface area contributed by atoms with Crippen molar-refractivity contribution in [3.63, 3.8) is 0 Å². The molecule has 32 heavy (non-hydrogen) atoms. The Hall–Kier alpha value is -3.09. The first-order chi connectivity index (χ1) is 15.2. The van der Waals surface area contributed by atoms with E-state index >= 15 is 0 Å². The van der Waals surface area contributed by atoms with Gasteiger partial charge in [0.1, 0.15) is 6.10 Å². The fraction of sp³-hybridized carbons (Fsp3) is 0.200. The van der Waals surface area contributed by atoms with E-state index in [1.54, 1.807) is 29.2 Å². The lowest BCUT2D eigenvalue weighted by atomic mass is 9.98. The highest BCUT2D eigenvalue weighted by molar-refractivity contribution is 6.36. The number of aliphatic hydroxyl groups is 1. The predicted molar refractivity (Wildman–Crippen MR) is 122 cm³/mol. The lowest BCUT2D eigenvalue weighted by Crippen LogP contribution is -2.08. The number of alkyl halides is 2. The number of halogens is 3. The van der Waals surface area contributed by atoms with Crippen molar-refractivity contribution < 1.29 is 13.9 Å². The second-order valence-corrected chi connectivity index (χ2v) is 8.18. The summed E-state index contributed by atoms with van der Waals surface area (Å²) in [7, 11) is 1.82. The first-order valence-electron chi connectivity index (χ1n) is 10.0. The Labute approximate surface area is 189 Å². The van der Waals surface area contributed by atoms with Crippen molar-refractivity contribution in [2.75, 3.05) is 0 Å². The molecule has 0 saturated carbocycles. The number of aliphatic hydroxyl groups excluding tert-OH is 1. The Morgan fingerprint density at radius 3 is 2.56 bits per heavy atom. The number of hydrogen-bond donors (Lipinski definition) is 1. The largest absolute Gasteiger partial charge is 0.382 e. The van der Waals surface area contributed by atoms with E-state index in [-0.39, 0.29) is 5.56 Å². The van der Waals surface area contributed by atoms with Crippen LogP contribution < -0.4 is 0 Å². The third-order valence-corrected chi connectivity index (χ3v) is 6.10. The molecule has 0 spiro atoms. The fourth-order valence-corrected chi connectivity index (χ4v) is 4.10. The topological polar surface area (TPSA) is 50.9 Å². The highest BCUT2D eigenvalue weighted by atomic mass is 35.5. The molecule has 2 aromatic heterocycles. The van der Waals surface area contributed by atoms with Gasteiger partial charge in [0.25, 0.3) is 5.92 Å². The molecular weight excluding hydrogens is 432 g/mol. The fourth-order valence-electron chi connectivity index (χ4n) is 3.74. The summed E-state index contributed by atoms with van der Waals surface area (Å²) in [6.07, 6.45) is 3.48. The quantitative estimate of drug-likeness (QED) is 0.371. The number of aryl methyl sites for hydroxylation is 2. The molecule has 2 aromatic carbocycles. The van der Waals surface area contributed by atoms with Gasteiger partial charge in [-0.05, 0) is 41.8 Å². The number of allylic oxidation sites excluding steroid dienone is 1. The maximum absolute atomic E-state index is 13.8. The summed E-state index contributed by atoms with van der Waals surface area (Å²) in [4.78, 5) is 8.73. The van der Waals surface area contributed by atoms with Crippen LogP contribution in [-0.4, -0.2) is 19.6 Å². The lowest BCUT2D eigenvalue weighted by Gasteiger charge is -2.16. The molecule has 0 amide bonds. The van der Waals surface area contributed by atoms with E-state index in [0.717, 1.165) is 27.7 Å². The van der Waals surface area contributed by atoms with Gasteiger partial charge in [0.2, 0.25) is 0 Å². The summed E-state index contributed by atoms with van der Waals surface area (Å²) in [5, 5.41) is 12.0. The van der Waals surface area contributed by atoms with Crippen molar-refractivity contribution in [2.45, 2.75) is 25.4 Å². The highest BCUT2D eigenvalue weighted by Gasteiger charge is 2.26. The molecule has 164 valence electrons. The first kappa shape index (κ1) is 22.1. The molecule has 0 aliphatic heterocycles. The van der Waals surface area contributed by atoms with Crippen LogP contribution in [0.15, 0.2) is 67.6 Å². The van der Waals surface area contributed by atoms with Gasteiger partial charge in [-0.1, -0.05) is 48.5 Å². The van der Waals surface area contributed by atoms with Gasteiger partial charge in [0.05, 0.1) is 28.8 Å². The summed E-state index contributed by atoms with van der Waals surface area (Å²) in [5.41, 5.74) is 4.37. The van der Waals surface area contributed by atoms with E-state index in [9.17, 15) is 13.9 Å². The number of rotatable bonds is 6. The van der Waals surface area contributed by atoms with Crippen molar-refractivity contribution in [1.29, 1.82) is 0 Å². The average Bonchev–Trinajstić information content (AvgIpc) is 3.22. The van der Waals surface area contributed by atoms with Gasteiger partial charge in [-0.2, -0.15) is 8.78 Å². The SMILES string of the molecule is C=CC(F)(F)c1ccc(Cc2c(C)nc3ccc(C(O)c4cncn4C)cc3c2Cl)cc1. The normalized spacial score (nSPS) is 12.8. The first-order valence-corrected chi connectivity index (χ1v) is 10.4. The number of benzene rings is 2. The van der Waals surface area contributed by atoms with Gasteiger partial charge >= 0.3 is 0 Å². The zero-order valence-corrected chi connectivity index (χ0v) is 18.4. The van der Waals surface area contributed by atoms with Crippen LogP contribution in [0, 0.1) is 6.92 Å². The number of nitrogens with zero attached hydrogens (tertiary/aromatic N) is 3. The molecule has 0 fully saturated rings. The van der Waals surface area contributed by atoms with Crippen molar-refractivity contribution in [3.8, 4) is 0 Å². The third kappa shape index (κ3) is 4.04. The summed E-state index contributed by atoms with van der Waals surface area (Å²) in [6, 6.07) is 11.6. The molecule has 1 N–H and O–H groups in total. The van der Waals surface area contributed by atoms with E-state index in [2.05, 4.69) is 16.5 Å². The summed E-state index contributed by atoms with van der Waals surface area (Å²) < 4.78 is 29.4. The van der Waals surface area contributed by atoms with Crippen LogP contribution in [0.2, 0.25) is 5.02 Å². The number of aromatic nitrogens is 3. The molecule has 1 unspecified atom stereocenters. The van der Waals surface area contributed by atoms with Gasteiger partial charge in [0, 0.05) is 30.1 Å². The number of hydrogen-bond acceptors (Lipinski definition) is 3. The molecule has 1 atom stereocenters. The van der Waals surface area contributed by atoms with E-state index in [1.807, 2.05) is 32.2 Å². The van der Waals surface area contributed by atoms with Crippen LogP contribution in [0.3, 0.4) is 0 Å².